The molecule has 3 atom stereocenters. The number of benzene rings is 1. The highest BCUT2D eigenvalue weighted by molar-refractivity contribution is 6.30. The standard InChI is InChI=1S/C15H20ClN/c1-15-8-7-14(17(15)2)9-12(10-15)11-3-5-13(16)6-4-11/h3-6,12,14H,7-10H2,1-2H3/t12-,14-,15+/m0/s1. The summed E-state index contributed by atoms with van der Waals surface area (Å²) in [5.41, 5.74) is 1.90. The van der Waals surface area contributed by atoms with E-state index in [1.807, 2.05) is 12.1 Å². The minimum Gasteiger partial charge on any atom is -0.298 e. The summed E-state index contributed by atoms with van der Waals surface area (Å²) in [5.74, 6) is 0.723. The molecule has 0 saturated carbocycles. The average molecular weight is 250 g/mol. The lowest BCUT2D eigenvalue weighted by molar-refractivity contribution is 0.0846. The predicted molar refractivity (Wildman–Crippen MR) is 72.6 cm³/mol. The lowest BCUT2D eigenvalue weighted by atomic mass is 9.79. The molecule has 0 amide bonds. The van der Waals surface area contributed by atoms with Crippen LogP contribution in [0.3, 0.4) is 0 Å². The molecule has 0 aromatic heterocycles. The van der Waals surface area contributed by atoms with Crippen molar-refractivity contribution in [2.45, 2.75) is 50.1 Å². The Morgan fingerprint density at radius 1 is 1.29 bits per heavy atom. The third kappa shape index (κ3) is 1.90. The van der Waals surface area contributed by atoms with Gasteiger partial charge in [0.2, 0.25) is 0 Å². The number of fused-ring (bicyclic) bond motifs is 2. The molecular formula is C15H20ClN. The lowest BCUT2D eigenvalue weighted by Crippen LogP contribution is -2.47. The highest BCUT2D eigenvalue weighted by Gasteiger charge is 2.46. The van der Waals surface area contributed by atoms with E-state index >= 15 is 0 Å². The molecule has 0 unspecified atom stereocenters. The summed E-state index contributed by atoms with van der Waals surface area (Å²) >= 11 is 5.96. The Morgan fingerprint density at radius 2 is 2.00 bits per heavy atom. The molecule has 3 rings (SSSR count). The highest BCUT2D eigenvalue weighted by Crippen LogP contribution is 2.48. The summed E-state index contributed by atoms with van der Waals surface area (Å²) in [6, 6.07) is 9.26. The first kappa shape index (κ1) is 11.6. The van der Waals surface area contributed by atoms with Crippen molar-refractivity contribution in [3.8, 4) is 0 Å². The van der Waals surface area contributed by atoms with Gasteiger partial charge in [-0.1, -0.05) is 23.7 Å². The van der Waals surface area contributed by atoms with Crippen molar-refractivity contribution in [1.29, 1.82) is 0 Å². The molecule has 17 heavy (non-hydrogen) atoms. The summed E-state index contributed by atoms with van der Waals surface area (Å²) in [7, 11) is 2.30. The zero-order chi connectivity index (χ0) is 12.0. The van der Waals surface area contributed by atoms with Crippen molar-refractivity contribution in [2.75, 3.05) is 7.05 Å². The second-order valence-corrected chi connectivity index (χ2v) is 6.43. The van der Waals surface area contributed by atoms with Crippen LogP contribution in [-0.2, 0) is 0 Å². The van der Waals surface area contributed by atoms with Crippen LogP contribution in [0.2, 0.25) is 5.02 Å². The van der Waals surface area contributed by atoms with Gasteiger partial charge in [-0.3, -0.25) is 4.90 Å². The largest absolute Gasteiger partial charge is 0.298 e. The third-order valence-corrected chi connectivity index (χ3v) is 5.25. The Bertz CT molecular complexity index is 413. The number of nitrogens with zero attached hydrogens (tertiary/aromatic N) is 1. The van der Waals surface area contributed by atoms with Gasteiger partial charge in [0.1, 0.15) is 0 Å². The Kier molecular flexibility index (Phi) is 2.72. The van der Waals surface area contributed by atoms with Crippen LogP contribution in [0, 0.1) is 0 Å². The predicted octanol–water partition coefficient (Wildman–Crippen LogP) is 4.07. The first-order chi connectivity index (χ1) is 8.08. The summed E-state index contributed by atoms with van der Waals surface area (Å²) < 4.78 is 0. The molecule has 0 aliphatic carbocycles. The fraction of sp³-hybridized carbons (Fsp3) is 0.600. The summed E-state index contributed by atoms with van der Waals surface area (Å²) in [4.78, 5) is 2.61. The SMILES string of the molecule is CN1[C@H]2CC[C@]1(C)C[C@@H](c1ccc(Cl)cc1)C2. The van der Waals surface area contributed by atoms with Gasteiger partial charge in [-0.15, -0.1) is 0 Å². The number of hydrogen-bond acceptors (Lipinski definition) is 1. The molecule has 2 bridgehead atoms. The number of piperidine rings is 1. The number of rotatable bonds is 1. The van der Waals surface area contributed by atoms with Gasteiger partial charge >= 0.3 is 0 Å². The molecule has 1 nitrogen and oxygen atoms in total. The molecule has 2 saturated heterocycles. The smallest absolute Gasteiger partial charge is 0.0406 e. The fourth-order valence-electron chi connectivity index (χ4n) is 3.74. The fourth-order valence-corrected chi connectivity index (χ4v) is 3.87. The molecule has 1 aromatic rings. The quantitative estimate of drug-likeness (QED) is 0.725. The van der Waals surface area contributed by atoms with E-state index in [9.17, 15) is 0 Å². The zero-order valence-corrected chi connectivity index (χ0v) is 11.4. The van der Waals surface area contributed by atoms with Crippen molar-refractivity contribution in [2.24, 2.45) is 0 Å². The molecule has 0 spiro atoms. The minimum absolute atomic E-state index is 0.424. The first-order valence-electron chi connectivity index (χ1n) is 6.57. The molecule has 0 N–H and O–H groups in total. The van der Waals surface area contributed by atoms with Gasteiger partial charge in [0.25, 0.3) is 0 Å². The lowest BCUT2D eigenvalue weighted by Gasteiger charge is -2.44. The third-order valence-electron chi connectivity index (χ3n) is 5.00. The van der Waals surface area contributed by atoms with Gasteiger partial charge in [0, 0.05) is 16.6 Å². The normalized spacial score (nSPS) is 37.4. The van der Waals surface area contributed by atoms with Gasteiger partial charge in [0.15, 0.2) is 0 Å². The van der Waals surface area contributed by atoms with E-state index in [-0.39, 0.29) is 0 Å². The van der Waals surface area contributed by atoms with Crippen molar-refractivity contribution in [1.82, 2.24) is 4.90 Å². The summed E-state index contributed by atoms with van der Waals surface area (Å²) in [5, 5.41) is 0.843. The van der Waals surface area contributed by atoms with Crippen molar-refractivity contribution in [3.63, 3.8) is 0 Å². The van der Waals surface area contributed by atoms with Crippen LogP contribution in [0.25, 0.3) is 0 Å². The van der Waals surface area contributed by atoms with Crippen molar-refractivity contribution in [3.05, 3.63) is 34.9 Å². The van der Waals surface area contributed by atoms with Crippen molar-refractivity contribution < 1.29 is 0 Å². The maximum absolute atomic E-state index is 5.96. The average Bonchev–Trinajstić information content (AvgIpc) is 2.51. The minimum atomic E-state index is 0.424. The molecule has 2 heterocycles. The molecular weight excluding hydrogens is 230 g/mol. The van der Waals surface area contributed by atoms with Crippen LogP contribution < -0.4 is 0 Å². The van der Waals surface area contributed by atoms with E-state index in [1.54, 1.807) is 0 Å². The van der Waals surface area contributed by atoms with Crippen LogP contribution >= 0.6 is 11.6 Å². The molecule has 92 valence electrons. The molecule has 2 aliphatic heterocycles. The molecule has 2 aliphatic rings. The number of hydrogen-bond donors (Lipinski definition) is 0. The second-order valence-electron chi connectivity index (χ2n) is 5.99. The van der Waals surface area contributed by atoms with Crippen LogP contribution in [-0.4, -0.2) is 23.5 Å². The van der Waals surface area contributed by atoms with Crippen LogP contribution in [0.15, 0.2) is 24.3 Å². The van der Waals surface area contributed by atoms with E-state index < -0.39 is 0 Å². The van der Waals surface area contributed by atoms with E-state index in [0.717, 1.165) is 17.0 Å². The van der Waals surface area contributed by atoms with E-state index in [2.05, 4.69) is 31.0 Å². The van der Waals surface area contributed by atoms with Gasteiger partial charge in [-0.05, 0) is 63.3 Å². The van der Waals surface area contributed by atoms with E-state index in [0.29, 0.717) is 5.54 Å². The summed E-state index contributed by atoms with van der Waals surface area (Å²) in [6.07, 6.45) is 5.34. The molecule has 2 heteroatoms. The van der Waals surface area contributed by atoms with Crippen LogP contribution in [0.4, 0.5) is 0 Å². The second kappa shape index (κ2) is 4.00. The van der Waals surface area contributed by atoms with E-state index in [1.165, 1.54) is 31.2 Å². The maximum atomic E-state index is 5.96. The highest BCUT2D eigenvalue weighted by atomic mass is 35.5. The van der Waals surface area contributed by atoms with Crippen molar-refractivity contribution >= 4 is 11.6 Å². The van der Waals surface area contributed by atoms with Crippen LogP contribution in [0.1, 0.15) is 44.1 Å². The molecule has 0 radical (unpaired) electrons. The zero-order valence-electron chi connectivity index (χ0n) is 10.6. The van der Waals surface area contributed by atoms with Gasteiger partial charge in [-0.2, -0.15) is 0 Å². The Balaban J connectivity index is 1.85. The number of halogens is 1. The monoisotopic (exact) mass is 249 g/mol. The Morgan fingerprint density at radius 3 is 2.65 bits per heavy atom. The molecule has 1 aromatic carbocycles. The van der Waals surface area contributed by atoms with Gasteiger partial charge in [0.05, 0.1) is 0 Å². The van der Waals surface area contributed by atoms with Crippen LogP contribution in [0.5, 0.6) is 0 Å². The molecule has 2 fully saturated rings. The Labute approximate surface area is 109 Å². The summed E-state index contributed by atoms with van der Waals surface area (Å²) in [6.45, 7) is 2.43. The van der Waals surface area contributed by atoms with Gasteiger partial charge in [-0.25, -0.2) is 0 Å². The topological polar surface area (TPSA) is 3.24 Å². The van der Waals surface area contributed by atoms with Gasteiger partial charge < -0.3 is 0 Å². The van der Waals surface area contributed by atoms with E-state index in [4.69, 9.17) is 11.6 Å². The first-order valence-corrected chi connectivity index (χ1v) is 6.95. The Hall–Kier alpha value is -0.530. The maximum Gasteiger partial charge on any atom is 0.0406 e.